The lowest BCUT2D eigenvalue weighted by molar-refractivity contribution is -0.159. The van der Waals surface area contributed by atoms with Crippen molar-refractivity contribution < 1.29 is 28.3 Å². The van der Waals surface area contributed by atoms with Gasteiger partial charge in [-0.1, -0.05) is 30.3 Å². The highest BCUT2D eigenvalue weighted by Crippen LogP contribution is 2.29. The maximum absolute atomic E-state index is 13.2. The van der Waals surface area contributed by atoms with E-state index in [0.29, 0.717) is 48.2 Å². The minimum absolute atomic E-state index is 0.209. The first-order valence-electron chi connectivity index (χ1n) is 10.6. The number of methoxy groups -OCH3 is 1. The number of oxazole rings is 1. The minimum Gasteiger partial charge on any atom is -0.465 e. The SMILES string of the molecule is COC(=O)c1ccc2oc(=O)n(C3CCN(C(=O)[C@H](OC(C)=O)c4ccccc4)CC3)c2c1. The number of carbonyl (C=O) groups excluding carboxylic acids is 3. The largest absolute Gasteiger partial charge is 0.465 e. The molecule has 0 N–H and O–H groups in total. The molecule has 1 atom stereocenters. The first-order valence-corrected chi connectivity index (χ1v) is 10.6. The van der Waals surface area contributed by atoms with E-state index in [1.54, 1.807) is 47.4 Å². The predicted octanol–water partition coefficient (Wildman–Crippen LogP) is 2.85. The second-order valence-corrected chi connectivity index (χ2v) is 7.87. The van der Waals surface area contributed by atoms with Gasteiger partial charge in [-0.3, -0.25) is 14.2 Å². The second-order valence-electron chi connectivity index (χ2n) is 7.87. The molecular formula is C24H24N2O7. The number of aromatic nitrogens is 1. The van der Waals surface area contributed by atoms with E-state index in [1.807, 2.05) is 6.07 Å². The van der Waals surface area contributed by atoms with Crippen LogP contribution in [0.5, 0.6) is 0 Å². The quantitative estimate of drug-likeness (QED) is 0.548. The van der Waals surface area contributed by atoms with Crippen LogP contribution in [0, 0.1) is 0 Å². The predicted molar refractivity (Wildman–Crippen MR) is 118 cm³/mol. The van der Waals surface area contributed by atoms with Gasteiger partial charge in [-0.25, -0.2) is 9.59 Å². The lowest BCUT2D eigenvalue weighted by atomic mass is 10.0. The number of likely N-dealkylation sites (tertiary alicyclic amines) is 1. The van der Waals surface area contributed by atoms with Crippen LogP contribution in [0.4, 0.5) is 0 Å². The van der Waals surface area contributed by atoms with Crippen LogP contribution in [0.3, 0.4) is 0 Å². The van der Waals surface area contributed by atoms with E-state index >= 15 is 0 Å². The van der Waals surface area contributed by atoms with Gasteiger partial charge >= 0.3 is 17.7 Å². The molecule has 0 saturated carbocycles. The normalized spacial score (nSPS) is 15.3. The summed E-state index contributed by atoms with van der Waals surface area (Å²) in [5.41, 5.74) is 1.81. The summed E-state index contributed by atoms with van der Waals surface area (Å²) in [4.78, 5) is 50.9. The number of hydrogen-bond donors (Lipinski definition) is 0. The minimum atomic E-state index is -1.01. The molecule has 2 aromatic carbocycles. The smallest absolute Gasteiger partial charge is 0.420 e. The molecule has 172 valence electrons. The number of carbonyl (C=O) groups is 3. The van der Waals surface area contributed by atoms with Crippen LogP contribution in [0.25, 0.3) is 11.1 Å². The van der Waals surface area contributed by atoms with Crippen molar-refractivity contribution in [1.82, 2.24) is 9.47 Å². The van der Waals surface area contributed by atoms with Gasteiger partial charge in [0.2, 0.25) is 6.10 Å². The summed E-state index contributed by atoms with van der Waals surface area (Å²) in [5, 5.41) is 0. The molecule has 1 aromatic heterocycles. The summed E-state index contributed by atoms with van der Waals surface area (Å²) >= 11 is 0. The molecule has 0 spiro atoms. The number of piperidine rings is 1. The van der Waals surface area contributed by atoms with E-state index in [9.17, 15) is 19.2 Å². The highest BCUT2D eigenvalue weighted by molar-refractivity contribution is 5.93. The van der Waals surface area contributed by atoms with Crippen LogP contribution < -0.4 is 5.76 Å². The van der Waals surface area contributed by atoms with Crippen LogP contribution in [0.2, 0.25) is 0 Å². The van der Waals surface area contributed by atoms with Crippen molar-refractivity contribution >= 4 is 28.9 Å². The summed E-state index contributed by atoms with van der Waals surface area (Å²) in [6.07, 6.45) is -0.00501. The molecular weight excluding hydrogens is 428 g/mol. The molecule has 4 rings (SSSR count). The van der Waals surface area contributed by atoms with Gasteiger partial charge in [-0.2, -0.15) is 0 Å². The van der Waals surface area contributed by atoms with E-state index in [1.165, 1.54) is 18.6 Å². The van der Waals surface area contributed by atoms with Gasteiger partial charge in [0.1, 0.15) is 0 Å². The number of hydrogen-bond acceptors (Lipinski definition) is 7. The molecule has 33 heavy (non-hydrogen) atoms. The number of fused-ring (bicyclic) bond motifs is 1. The van der Waals surface area contributed by atoms with Crippen LogP contribution in [-0.4, -0.2) is 47.5 Å². The molecule has 0 unspecified atom stereocenters. The van der Waals surface area contributed by atoms with E-state index in [2.05, 4.69) is 0 Å². The molecule has 0 bridgehead atoms. The summed E-state index contributed by atoms with van der Waals surface area (Å²) in [5.74, 6) is -1.86. The molecule has 3 aromatic rings. The zero-order valence-electron chi connectivity index (χ0n) is 18.4. The van der Waals surface area contributed by atoms with Crippen molar-refractivity contribution in [3.05, 3.63) is 70.2 Å². The van der Waals surface area contributed by atoms with Gasteiger partial charge < -0.3 is 18.8 Å². The first kappa shape index (κ1) is 22.3. The van der Waals surface area contributed by atoms with Crippen LogP contribution in [-0.2, 0) is 19.1 Å². The van der Waals surface area contributed by atoms with Gasteiger partial charge in [-0.05, 0) is 31.0 Å². The highest BCUT2D eigenvalue weighted by Gasteiger charge is 2.33. The zero-order chi connectivity index (χ0) is 23.5. The molecule has 9 nitrogen and oxygen atoms in total. The number of ether oxygens (including phenoxy) is 2. The Morgan fingerprint density at radius 1 is 1.06 bits per heavy atom. The molecule has 1 aliphatic rings. The Labute approximate surface area is 189 Å². The molecule has 9 heteroatoms. The summed E-state index contributed by atoms with van der Waals surface area (Å²) in [6, 6.07) is 13.4. The van der Waals surface area contributed by atoms with Crippen molar-refractivity contribution in [3.8, 4) is 0 Å². The molecule has 2 heterocycles. The van der Waals surface area contributed by atoms with Gasteiger partial charge in [0.05, 0.1) is 18.2 Å². The van der Waals surface area contributed by atoms with E-state index in [4.69, 9.17) is 13.9 Å². The van der Waals surface area contributed by atoms with Crippen LogP contribution in [0.15, 0.2) is 57.7 Å². The number of rotatable bonds is 5. The topological polar surface area (TPSA) is 108 Å². The average molecular weight is 452 g/mol. The molecule has 0 aliphatic carbocycles. The summed E-state index contributed by atoms with van der Waals surface area (Å²) in [6.45, 7) is 2.03. The van der Waals surface area contributed by atoms with Gasteiger partial charge in [0.15, 0.2) is 5.58 Å². The Balaban J connectivity index is 1.54. The number of nitrogens with zero attached hydrogens (tertiary/aromatic N) is 2. The Kier molecular flexibility index (Phi) is 6.30. The number of esters is 2. The van der Waals surface area contributed by atoms with Gasteiger partial charge in [-0.15, -0.1) is 0 Å². The fraction of sp³-hybridized carbons (Fsp3) is 0.333. The van der Waals surface area contributed by atoms with Gasteiger partial charge in [0.25, 0.3) is 5.91 Å². The monoisotopic (exact) mass is 452 g/mol. The first-order chi connectivity index (χ1) is 15.9. The van der Waals surface area contributed by atoms with Crippen molar-refractivity contribution in [2.24, 2.45) is 0 Å². The van der Waals surface area contributed by atoms with Crippen LogP contribution >= 0.6 is 0 Å². The fourth-order valence-electron chi connectivity index (χ4n) is 4.19. The molecule has 0 radical (unpaired) electrons. The number of benzene rings is 2. The van der Waals surface area contributed by atoms with E-state index in [0.717, 1.165) is 0 Å². The molecule has 1 aliphatic heterocycles. The third-order valence-corrected chi connectivity index (χ3v) is 5.79. The second kappa shape index (κ2) is 9.32. The molecule has 1 saturated heterocycles. The average Bonchev–Trinajstić information content (AvgIpc) is 3.17. The van der Waals surface area contributed by atoms with Crippen molar-refractivity contribution in [2.75, 3.05) is 20.2 Å². The maximum atomic E-state index is 13.2. The van der Waals surface area contributed by atoms with Crippen LogP contribution in [0.1, 0.15) is 47.8 Å². The van der Waals surface area contributed by atoms with E-state index in [-0.39, 0.29) is 11.9 Å². The summed E-state index contributed by atoms with van der Waals surface area (Å²) in [7, 11) is 1.29. The summed E-state index contributed by atoms with van der Waals surface area (Å²) < 4.78 is 17.0. The Morgan fingerprint density at radius 2 is 1.76 bits per heavy atom. The molecule has 1 amide bonds. The Bertz CT molecular complexity index is 1240. The standard InChI is InChI=1S/C24H24N2O7/c1-15(27)32-21(16-6-4-3-5-7-16)22(28)25-12-10-18(11-13-25)26-19-14-17(23(29)31-2)8-9-20(19)33-24(26)30/h3-9,14,18,21H,10-13H2,1-2H3/t21-/m1/s1. The lowest BCUT2D eigenvalue weighted by Gasteiger charge is -2.34. The van der Waals surface area contributed by atoms with Crippen molar-refractivity contribution in [3.63, 3.8) is 0 Å². The Morgan fingerprint density at radius 3 is 2.39 bits per heavy atom. The van der Waals surface area contributed by atoms with Crippen molar-refractivity contribution in [2.45, 2.75) is 31.9 Å². The fourth-order valence-corrected chi connectivity index (χ4v) is 4.19. The Hall–Kier alpha value is -3.88. The highest BCUT2D eigenvalue weighted by atomic mass is 16.5. The third kappa shape index (κ3) is 4.52. The maximum Gasteiger partial charge on any atom is 0.420 e. The van der Waals surface area contributed by atoms with Gasteiger partial charge in [0, 0.05) is 31.6 Å². The zero-order valence-corrected chi connectivity index (χ0v) is 18.4. The number of amides is 1. The van der Waals surface area contributed by atoms with Crippen molar-refractivity contribution in [1.29, 1.82) is 0 Å². The molecule has 1 fully saturated rings. The van der Waals surface area contributed by atoms with E-state index < -0.39 is 23.8 Å². The third-order valence-electron chi connectivity index (χ3n) is 5.79. The lowest BCUT2D eigenvalue weighted by Crippen LogP contribution is -2.43.